The molecule has 1 aromatic rings. The predicted molar refractivity (Wildman–Crippen MR) is 62.0 cm³/mol. The van der Waals surface area contributed by atoms with Crippen LogP contribution in [-0.2, 0) is 24.6 Å². The number of carbonyl (C=O) groups excluding carboxylic acids is 1. The SMILES string of the molecule is C=O.Cc1c(C)c(C)c(C)c(C)c1C.[Os]. The van der Waals surface area contributed by atoms with Crippen LogP contribution in [0.4, 0.5) is 0 Å². The summed E-state index contributed by atoms with van der Waals surface area (Å²) >= 11 is 0. The van der Waals surface area contributed by atoms with Gasteiger partial charge < -0.3 is 4.79 Å². The number of carbonyl (C=O) groups is 1. The third kappa shape index (κ3) is 3.25. The van der Waals surface area contributed by atoms with E-state index < -0.39 is 0 Å². The summed E-state index contributed by atoms with van der Waals surface area (Å²) in [7, 11) is 0. The molecule has 0 heterocycles. The van der Waals surface area contributed by atoms with Gasteiger partial charge in [0.25, 0.3) is 0 Å². The van der Waals surface area contributed by atoms with Gasteiger partial charge in [-0.2, -0.15) is 0 Å². The molecule has 1 nitrogen and oxygen atoms in total. The summed E-state index contributed by atoms with van der Waals surface area (Å²) in [5.74, 6) is 0. The molecule has 0 aliphatic heterocycles. The molecule has 0 spiro atoms. The van der Waals surface area contributed by atoms with E-state index >= 15 is 0 Å². The van der Waals surface area contributed by atoms with E-state index in [2.05, 4.69) is 41.5 Å². The maximum absolute atomic E-state index is 8.00. The summed E-state index contributed by atoms with van der Waals surface area (Å²) in [5, 5.41) is 0. The first kappa shape index (κ1) is 16.9. The van der Waals surface area contributed by atoms with E-state index in [9.17, 15) is 0 Å². The molecule has 86 valence electrons. The van der Waals surface area contributed by atoms with Crippen LogP contribution in [0.1, 0.15) is 33.4 Å². The summed E-state index contributed by atoms with van der Waals surface area (Å²) < 4.78 is 0. The van der Waals surface area contributed by atoms with E-state index in [-0.39, 0.29) is 19.8 Å². The van der Waals surface area contributed by atoms with Crippen molar-refractivity contribution in [3.05, 3.63) is 33.4 Å². The quantitative estimate of drug-likeness (QED) is 0.673. The molecule has 0 N–H and O–H groups in total. The van der Waals surface area contributed by atoms with Crippen molar-refractivity contribution < 1.29 is 24.6 Å². The second kappa shape index (κ2) is 6.91. The Labute approximate surface area is 106 Å². The fourth-order valence-electron chi connectivity index (χ4n) is 1.69. The van der Waals surface area contributed by atoms with Crippen molar-refractivity contribution in [2.45, 2.75) is 41.5 Å². The molecule has 0 saturated heterocycles. The van der Waals surface area contributed by atoms with Gasteiger partial charge in [-0.1, -0.05) is 0 Å². The van der Waals surface area contributed by atoms with Gasteiger partial charge in [0.05, 0.1) is 0 Å². The van der Waals surface area contributed by atoms with Crippen LogP contribution in [-0.4, -0.2) is 6.79 Å². The minimum Gasteiger partial charge on any atom is -0.307 e. The Balaban J connectivity index is 0. The van der Waals surface area contributed by atoms with Crippen LogP contribution in [0.2, 0.25) is 0 Å². The van der Waals surface area contributed by atoms with Gasteiger partial charge in [-0.05, 0) is 74.9 Å². The largest absolute Gasteiger partial charge is 0.307 e. The van der Waals surface area contributed by atoms with Gasteiger partial charge >= 0.3 is 0 Å². The van der Waals surface area contributed by atoms with Gasteiger partial charge in [-0.3, -0.25) is 0 Å². The Morgan fingerprint density at radius 2 is 0.600 bits per heavy atom. The smallest absolute Gasteiger partial charge is 0.106 e. The van der Waals surface area contributed by atoms with Crippen LogP contribution in [0.5, 0.6) is 0 Å². The molecule has 0 fully saturated rings. The van der Waals surface area contributed by atoms with E-state index in [1.54, 1.807) is 0 Å². The van der Waals surface area contributed by atoms with Crippen LogP contribution in [0.25, 0.3) is 0 Å². The number of hydrogen-bond acceptors (Lipinski definition) is 1. The third-order valence-electron chi connectivity index (χ3n) is 3.38. The molecular weight excluding hydrogens is 362 g/mol. The van der Waals surface area contributed by atoms with Gasteiger partial charge in [0.2, 0.25) is 0 Å². The molecule has 1 aromatic carbocycles. The molecule has 0 saturated carbocycles. The van der Waals surface area contributed by atoms with Crippen molar-refractivity contribution in [2.24, 2.45) is 0 Å². The molecule has 0 aromatic heterocycles. The first-order chi connectivity index (χ1) is 6.46. The van der Waals surface area contributed by atoms with Crippen molar-refractivity contribution in [2.75, 3.05) is 0 Å². The summed E-state index contributed by atoms with van der Waals surface area (Å²) in [6.45, 7) is 15.3. The Bertz CT molecular complexity index is 238. The maximum atomic E-state index is 8.00. The molecule has 2 heteroatoms. The van der Waals surface area contributed by atoms with Gasteiger partial charge in [0.1, 0.15) is 6.79 Å². The Morgan fingerprint density at radius 3 is 0.667 bits per heavy atom. The van der Waals surface area contributed by atoms with Crippen molar-refractivity contribution in [1.29, 1.82) is 0 Å². The molecular formula is C13H20OOs. The minimum atomic E-state index is 0. The molecule has 0 bridgehead atoms. The average Bonchev–Trinajstić information content (AvgIpc) is 2.24. The van der Waals surface area contributed by atoms with E-state index in [0.29, 0.717) is 0 Å². The fraction of sp³-hybridized carbons (Fsp3) is 0.462. The molecule has 0 amide bonds. The minimum absolute atomic E-state index is 0. The van der Waals surface area contributed by atoms with Crippen molar-refractivity contribution in [3.63, 3.8) is 0 Å². The van der Waals surface area contributed by atoms with Crippen LogP contribution in [0, 0.1) is 41.5 Å². The third-order valence-corrected chi connectivity index (χ3v) is 3.38. The maximum Gasteiger partial charge on any atom is 0.106 e. The molecule has 0 aliphatic carbocycles. The zero-order chi connectivity index (χ0) is 11.5. The summed E-state index contributed by atoms with van der Waals surface area (Å²) in [5.41, 5.74) is 8.73. The second-order valence-corrected chi connectivity index (χ2v) is 3.75. The van der Waals surface area contributed by atoms with E-state index in [1.807, 2.05) is 6.79 Å². The predicted octanol–water partition coefficient (Wildman–Crippen LogP) is 3.35. The zero-order valence-corrected chi connectivity index (χ0v) is 13.0. The Kier molecular flexibility index (Phi) is 7.80. The fourth-order valence-corrected chi connectivity index (χ4v) is 1.69. The van der Waals surface area contributed by atoms with E-state index in [0.717, 1.165) is 0 Å². The van der Waals surface area contributed by atoms with E-state index in [4.69, 9.17) is 4.79 Å². The monoisotopic (exact) mass is 384 g/mol. The molecule has 1 rings (SSSR count). The van der Waals surface area contributed by atoms with Gasteiger partial charge in [0, 0.05) is 19.8 Å². The summed E-state index contributed by atoms with van der Waals surface area (Å²) in [6.07, 6.45) is 0. The van der Waals surface area contributed by atoms with Gasteiger partial charge in [-0.15, -0.1) is 0 Å². The molecule has 0 atom stereocenters. The molecule has 0 aliphatic rings. The standard InChI is InChI=1S/C12H18.CH2O.Os/c1-7-8(2)10(4)12(6)11(5)9(7)3;1-2;/h1-6H3;1H2;. The topological polar surface area (TPSA) is 17.1 Å². The van der Waals surface area contributed by atoms with E-state index in [1.165, 1.54) is 33.4 Å². The van der Waals surface area contributed by atoms with Gasteiger partial charge in [0.15, 0.2) is 0 Å². The van der Waals surface area contributed by atoms with Gasteiger partial charge in [-0.25, -0.2) is 0 Å². The zero-order valence-electron chi connectivity index (χ0n) is 10.5. The number of hydrogen-bond donors (Lipinski definition) is 0. The molecule has 0 radical (unpaired) electrons. The molecule has 15 heavy (non-hydrogen) atoms. The second-order valence-electron chi connectivity index (χ2n) is 3.75. The van der Waals surface area contributed by atoms with Crippen LogP contribution < -0.4 is 0 Å². The number of rotatable bonds is 0. The van der Waals surface area contributed by atoms with Crippen LogP contribution in [0.3, 0.4) is 0 Å². The van der Waals surface area contributed by atoms with Crippen LogP contribution in [0.15, 0.2) is 0 Å². The van der Waals surface area contributed by atoms with Crippen LogP contribution >= 0.6 is 0 Å². The first-order valence-electron chi connectivity index (χ1n) is 4.79. The summed E-state index contributed by atoms with van der Waals surface area (Å²) in [6, 6.07) is 0. The number of benzene rings is 1. The van der Waals surface area contributed by atoms with Crippen molar-refractivity contribution in [1.82, 2.24) is 0 Å². The van der Waals surface area contributed by atoms with Crippen molar-refractivity contribution >= 4 is 6.79 Å². The normalized spacial score (nSPS) is 8.67. The summed E-state index contributed by atoms with van der Waals surface area (Å²) in [4.78, 5) is 8.00. The Morgan fingerprint density at radius 1 is 0.533 bits per heavy atom. The first-order valence-corrected chi connectivity index (χ1v) is 4.79. The van der Waals surface area contributed by atoms with Crippen molar-refractivity contribution in [3.8, 4) is 0 Å². The Hall–Kier alpha value is -0.474. The average molecular weight is 383 g/mol. The molecule has 0 unspecified atom stereocenters.